The molecule has 0 aliphatic carbocycles. The monoisotopic (exact) mass is 412 g/mol. The Morgan fingerprint density at radius 2 is 1.86 bits per heavy atom. The van der Waals surface area contributed by atoms with Gasteiger partial charge in [-0.05, 0) is 32.0 Å². The zero-order chi connectivity index (χ0) is 20.9. The number of piperazine rings is 1. The summed E-state index contributed by atoms with van der Waals surface area (Å²) < 4.78 is 30.6. The molecule has 0 unspecified atom stereocenters. The van der Waals surface area contributed by atoms with Crippen molar-refractivity contribution in [2.75, 3.05) is 52.2 Å². The van der Waals surface area contributed by atoms with Crippen LogP contribution in [-0.4, -0.2) is 87.4 Å². The fraction of sp³-hybridized carbons (Fsp3) is 0.556. The summed E-state index contributed by atoms with van der Waals surface area (Å²) in [4.78, 5) is 28.1. The van der Waals surface area contributed by atoms with Crippen molar-refractivity contribution < 1.29 is 22.7 Å². The van der Waals surface area contributed by atoms with Crippen LogP contribution in [0.5, 0.6) is 0 Å². The van der Waals surface area contributed by atoms with Crippen LogP contribution in [0.2, 0.25) is 0 Å². The minimum atomic E-state index is -3.57. The van der Waals surface area contributed by atoms with E-state index in [-0.39, 0.29) is 16.9 Å². The van der Waals surface area contributed by atoms with Crippen LogP contribution in [0.1, 0.15) is 13.8 Å². The molecule has 28 heavy (non-hydrogen) atoms. The number of carbonyl (C=O) groups is 2. The van der Waals surface area contributed by atoms with Gasteiger partial charge in [-0.15, -0.1) is 0 Å². The summed E-state index contributed by atoms with van der Waals surface area (Å²) in [7, 11) is -0.659. The lowest BCUT2D eigenvalue weighted by Crippen LogP contribution is -2.54. The van der Waals surface area contributed by atoms with Crippen molar-refractivity contribution in [2.24, 2.45) is 0 Å². The minimum absolute atomic E-state index is 0.117. The highest BCUT2D eigenvalue weighted by molar-refractivity contribution is 7.89. The molecule has 1 N–H and O–H groups in total. The largest absolute Gasteiger partial charge is 0.450 e. The van der Waals surface area contributed by atoms with Crippen LogP contribution in [0.4, 0.5) is 10.5 Å². The molecule has 0 saturated carbocycles. The number of nitrogens with zero attached hydrogens (tertiary/aromatic N) is 3. The van der Waals surface area contributed by atoms with Gasteiger partial charge in [-0.2, -0.15) is 0 Å². The molecular formula is C18H28N4O5S. The van der Waals surface area contributed by atoms with Crippen LogP contribution in [0.15, 0.2) is 29.2 Å². The Balaban J connectivity index is 1.97. The van der Waals surface area contributed by atoms with Gasteiger partial charge in [0.2, 0.25) is 15.9 Å². The van der Waals surface area contributed by atoms with Crippen molar-refractivity contribution >= 4 is 27.7 Å². The van der Waals surface area contributed by atoms with Crippen LogP contribution in [0.3, 0.4) is 0 Å². The van der Waals surface area contributed by atoms with Crippen molar-refractivity contribution in [2.45, 2.75) is 24.8 Å². The number of ether oxygens (including phenoxy) is 1. The molecule has 1 saturated heterocycles. The van der Waals surface area contributed by atoms with Crippen molar-refractivity contribution in [3.63, 3.8) is 0 Å². The number of benzene rings is 1. The van der Waals surface area contributed by atoms with E-state index in [2.05, 4.69) is 5.32 Å². The van der Waals surface area contributed by atoms with Gasteiger partial charge in [0, 0.05) is 46.0 Å². The van der Waals surface area contributed by atoms with Gasteiger partial charge >= 0.3 is 6.09 Å². The Kier molecular flexibility index (Phi) is 7.39. The number of hydrogen-bond donors (Lipinski definition) is 1. The van der Waals surface area contributed by atoms with Crippen molar-refractivity contribution in [1.82, 2.24) is 14.1 Å². The maximum atomic E-state index is 12.6. The van der Waals surface area contributed by atoms with Gasteiger partial charge < -0.3 is 15.0 Å². The summed E-state index contributed by atoms with van der Waals surface area (Å²) in [6.07, 6.45) is -0.335. The van der Waals surface area contributed by atoms with Crippen LogP contribution in [0, 0.1) is 0 Å². The van der Waals surface area contributed by atoms with Crippen molar-refractivity contribution in [1.29, 1.82) is 0 Å². The molecule has 0 radical (unpaired) electrons. The first-order valence-electron chi connectivity index (χ1n) is 9.16. The molecule has 2 amide bonds. The highest BCUT2D eigenvalue weighted by Crippen LogP contribution is 2.19. The molecule has 1 heterocycles. The lowest BCUT2D eigenvalue weighted by Gasteiger charge is -2.36. The first kappa shape index (κ1) is 22.1. The van der Waals surface area contributed by atoms with E-state index in [0.717, 1.165) is 4.31 Å². The number of nitrogens with one attached hydrogen (secondary N) is 1. The number of anilines is 1. The van der Waals surface area contributed by atoms with E-state index in [0.29, 0.717) is 38.5 Å². The third kappa shape index (κ3) is 5.21. The number of amides is 2. The van der Waals surface area contributed by atoms with Crippen LogP contribution in [-0.2, 0) is 19.6 Å². The Bertz CT molecular complexity index is 804. The maximum absolute atomic E-state index is 12.6. The summed E-state index contributed by atoms with van der Waals surface area (Å²) in [5.74, 6) is -0.232. The highest BCUT2D eigenvalue weighted by Gasteiger charge is 2.28. The minimum Gasteiger partial charge on any atom is -0.450 e. The lowest BCUT2D eigenvalue weighted by molar-refractivity contribution is -0.121. The smallest absolute Gasteiger partial charge is 0.409 e. The Morgan fingerprint density at radius 1 is 1.21 bits per heavy atom. The van der Waals surface area contributed by atoms with Gasteiger partial charge in [0.25, 0.3) is 0 Å². The molecule has 0 bridgehead atoms. The first-order chi connectivity index (χ1) is 13.2. The fourth-order valence-electron chi connectivity index (χ4n) is 2.86. The van der Waals surface area contributed by atoms with E-state index in [1.807, 2.05) is 4.90 Å². The fourth-order valence-corrected chi connectivity index (χ4v) is 3.81. The van der Waals surface area contributed by atoms with E-state index in [1.165, 1.54) is 26.2 Å². The van der Waals surface area contributed by atoms with Gasteiger partial charge in [0.05, 0.1) is 17.5 Å². The third-order valence-corrected chi connectivity index (χ3v) is 6.46. The van der Waals surface area contributed by atoms with Gasteiger partial charge in [-0.3, -0.25) is 9.69 Å². The summed E-state index contributed by atoms with van der Waals surface area (Å²) >= 11 is 0. The van der Waals surface area contributed by atoms with Gasteiger partial charge in [-0.25, -0.2) is 17.5 Å². The third-order valence-electron chi connectivity index (χ3n) is 4.65. The highest BCUT2D eigenvalue weighted by atomic mass is 32.2. The molecule has 1 atom stereocenters. The van der Waals surface area contributed by atoms with Crippen LogP contribution >= 0.6 is 0 Å². The Morgan fingerprint density at radius 3 is 2.43 bits per heavy atom. The second-order valence-corrected chi connectivity index (χ2v) is 8.85. The average Bonchev–Trinajstić information content (AvgIpc) is 2.67. The molecule has 1 aromatic rings. The molecule has 1 aliphatic heterocycles. The molecule has 2 rings (SSSR count). The quantitative estimate of drug-likeness (QED) is 0.750. The number of sulfonamides is 1. The second kappa shape index (κ2) is 9.35. The molecule has 0 spiro atoms. The summed E-state index contributed by atoms with van der Waals surface area (Å²) in [5.41, 5.74) is 0.421. The van der Waals surface area contributed by atoms with Gasteiger partial charge in [0.1, 0.15) is 0 Å². The molecular weight excluding hydrogens is 384 g/mol. The number of hydrogen-bond acceptors (Lipinski definition) is 6. The summed E-state index contributed by atoms with van der Waals surface area (Å²) in [6.45, 7) is 5.99. The molecule has 9 nitrogen and oxygen atoms in total. The molecule has 0 aromatic heterocycles. The molecule has 1 fully saturated rings. The predicted octanol–water partition coefficient (Wildman–Crippen LogP) is 1.04. The lowest BCUT2D eigenvalue weighted by atomic mass is 10.2. The second-order valence-electron chi connectivity index (χ2n) is 6.70. The topological polar surface area (TPSA) is 99.3 Å². The maximum Gasteiger partial charge on any atom is 0.409 e. The van der Waals surface area contributed by atoms with Gasteiger partial charge in [-0.1, -0.05) is 6.07 Å². The van der Waals surface area contributed by atoms with Crippen molar-refractivity contribution in [3.8, 4) is 0 Å². The average molecular weight is 413 g/mol. The zero-order valence-corrected chi connectivity index (χ0v) is 17.5. The van der Waals surface area contributed by atoms with Crippen LogP contribution < -0.4 is 5.32 Å². The van der Waals surface area contributed by atoms with E-state index in [1.54, 1.807) is 30.9 Å². The molecule has 1 aromatic carbocycles. The van der Waals surface area contributed by atoms with E-state index in [9.17, 15) is 18.0 Å². The molecule has 10 heteroatoms. The van der Waals surface area contributed by atoms with Gasteiger partial charge in [0.15, 0.2) is 0 Å². The Labute approximate surface area is 166 Å². The summed E-state index contributed by atoms with van der Waals surface area (Å²) in [6, 6.07) is 5.76. The number of rotatable bonds is 6. The van der Waals surface area contributed by atoms with Crippen LogP contribution in [0.25, 0.3) is 0 Å². The SMILES string of the molecule is CCOC(=O)N1CCN([C@H](C)C(=O)Nc2cccc(S(=O)(=O)N(C)C)c2)CC1. The van der Waals surface area contributed by atoms with E-state index < -0.39 is 16.1 Å². The van der Waals surface area contributed by atoms with E-state index in [4.69, 9.17) is 4.74 Å². The summed E-state index contributed by atoms with van der Waals surface area (Å²) in [5, 5.41) is 2.78. The zero-order valence-electron chi connectivity index (χ0n) is 16.7. The normalized spacial score (nSPS) is 16.7. The number of carbonyl (C=O) groups excluding carboxylic acids is 2. The first-order valence-corrected chi connectivity index (χ1v) is 10.6. The van der Waals surface area contributed by atoms with E-state index >= 15 is 0 Å². The Hall–Kier alpha value is -2.17. The van der Waals surface area contributed by atoms with Crippen molar-refractivity contribution in [3.05, 3.63) is 24.3 Å². The molecule has 156 valence electrons. The predicted molar refractivity (Wildman–Crippen MR) is 106 cm³/mol. The molecule has 1 aliphatic rings. The standard InChI is InChI=1S/C18H28N4O5S/c1-5-27-18(24)22-11-9-21(10-12-22)14(2)17(23)19-15-7-6-8-16(13-15)28(25,26)20(3)4/h6-8,13-14H,5,9-12H2,1-4H3,(H,19,23)/t14-/m1/s1.